The number of benzene rings is 2. The Morgan fingerprint density at radius 1 is 0.957 bits per heavy atom. The maximum Gasteiger partial charge on any atom is 0.362 e. The van der Waals surface area contributed by atoms with Gasteiger partial charge in [-0.05, 0) is 41.1 Å². The summed E-state index contributed by atoms with van der Waals surface area (Å²) in [5, 5.41) is 1.51. The number of hydrogen-bond donors (Lipinski definition) is 0. The summed E-state index contributed by atoms with van der Waals surface area (Å²) in [6.07, 6.45) is 1.52. The molecule has 0 N–H and O–H groups in total. The fourth-order valence-corrected chi connectivity index (χ4v) is 2.25. The van der Waals surface area contributed by atoms with E-state index in [0.717, 1.165) is 5.39 Å². The summed E-state index contributed by atoms with van der Waals surface area (Å²) in [5.41, 5.74) is 0.634. The third kappa shape index (κ3) is 3.03. The minimum absolute atomic E-state index is 0.217. The molecule has 5 heteroatoms. The molecule has 0 fully saturated rings. The van der Waals surface area contributed by atoms with E-state index in [1.165, 1.54) is 13.3 Å². The van der Waals surface area contributed by atoms with Crippen LogP contribution in [0, 0.1) is 0 Å². The van der Waals surface area contributed by atoms with Crippen LogP contribution >= 0.6 is 0 Å². The van der Waals surface area contributed by atoms with Crippen LogP contribution in [-0.4, -0.2) is 24.0 Å². The first kappa shape index (κ1) is 14.7. The van der Waals surface area contributed by atoms with Crippen molar-refractivity contribution in [3.63, 3.8) is 0 Å². The van der Waals surface area contributed by atoms with Gasteiger partial charge in [0.15, 0.2) is 0 Å². The largest absolute Gasteiger partial charge is 0.465 e. The molecule has 1 heterocycles. The van der Waals surface area contributed by atoms with Gasteiger partial charge < -0.3 is 9.47 Å². The van der Waals surface area contributed by atoms with Gasteiger partial charge in [0.05, 0.1) is 12.7 Å². The molecule has 0 aliphatic heterocycles. The first-order valence-electron chi connectivity index (χ1n) is 6.93. The number of ether oxygens (including phenoxy) is 2. The molecule has 0 spiro atoms. The van der Waals surface area contributed by atoms with E-state index < -0.39 is 11.9 Å². The number of carbonyl (C=O) groups excluding carboxylic acids is 2. The Bertz CT molecular complexity index is 875. The minimum Gasteiger partial charge on any atom is -0.465 e. The van der Waals surface area contributed by atoms with Gasteiger partial charge in [0.1, 0.15) is 11.4 Å². The predicted molar refractivity (Wildman–Crippen MR) is 84.5 cm³/mol. The van der Waals surface area contributed by atoms with Gasteiger partial charge in [0.2, 0.25) is 0 Å². The second-order valence-electron chi connectivity index (χ2n) is 4.78. The fraction of sp³-hybridized carbons (Fsp3) is 0.0556. The highest BCUT2D eigenvalue weighted by molar-refractivity contribution is 6.05. The molecule has 3 rings (SSSR count). The highest BCUT2D eigenvalue weighted by Crippen LogP contribution is 2.25. The van der Waals surface area contributed by atoms with Crippen LogP contribution in [0.2, 0.25) is 0 Å². The molecular weight excluding hydrogens is 294 g/mol. The number of methoxy groups -OCH3 is 1. The van der Waals surface area contributed by atoms with Gasteiger partial charge >= 0.3 is 11.9 Å². The Morgan fingerprint density at radius 3 is 2.57 bits per heavy atom. The molecule has 114 valence electrons. The summed E-state index contributed by atoms with van der Waals surface area (Å²) < 4.78 is 10.1. The Kier molecular flexibility index (Phi) is 4.01. The minimum atomic E-state index is -0.555. The van der Waals surface area contributed by atoms with Crippen molar-refractivity contribution in [1.82, 2.24) is 4.98 Å². The lowest BCUT2D eigenvalue weighted by Gasteiger charge is -2.08. The highest BCUT2D eigenvalue weighted by Gasteiger charge is 2.13. The summed E-state index contributed by atoms with van der Waals surface area (Å²) in [5.74, 6) is -0.659. The average Bonchev–Trinajstić information content (AvgIpc) is 2.61. The number of fused-ring (bicyclic) bond motifs is 1. The number of nitrogens with zero attached hydrogens (tertiary/aromatic N) is 1. The summed E-state index contributed by atoms with van der Waals surface area (Å²) in [7, 11) is 1.33. The number of pyridine rings is 1. The quantitative estimate of drug-likeness (QED) is 0.549. The second kappa shape index (κ2) is 6.27. The van der Waals surface area contributed by atoms with E-state index in [0.29, 0.717) is 16.7 Å². The molecule has 2 aromatic carbocycles. The van der Waals surface area contributed by atoms with Gasteiger partial charge in [-0.15, -0.1) is 0 Å². The maximum atomic E-state index is 12.0. The Balaban J connectivity index is 1.96. The van der Waals surface area contributed by atoms with Crippen molar-refractivity contribution >= 4 is 22.7 Å². The number of aromatic nitrogens is 1. The van der Waals surface area contributed by atoms with E-state index >= 15 is 0 Å². The molecular formula is C18H13NO4. The molecule has 5 nitrogen and oxygen atoms in total. The standard InChI is InChI=1S/C18H13NO4/c1-22-17(20)14-6-4-5-12-8-9-13(11-15(12)14)23-18(21)16-7-2-3-10-19-16/h2-11H,1H3. The van der Waals surface area contributed by atoms with Crippen LogP contribution in [-0.2, 0) is 4.74 Å². The Hall–Kier alpha value is -3.21. The predicted octanol–water partition coefficient (Wildman–Crippen LogP) is 3.24. The zero-order valence-corrected chi connectivity index (χ0v) is 12.4. The van der Waals surface area contributed by atoms with Gasteiger partial charge in [-0.1, -0.05) is 24.3 Å². The van der Waals surface area contributed by atoms with Crippen LogP contribution in [0.25, 0.3) is 10.8 Å². The van der Waals surface area contributed by atoms with Crippen molar-refractivity contribution in [3.8, 4) is 5.75 Å². The van der Waals surface area contributed by atoms with Crippen LogP contribution in [0.1, 0.15) is 20.8 Å². The van der Waals surface area contributed by atoms with Crippen LogP contribution in [0.15, 0.2) is 60.8 Å². The van der Waals surface area contributed by atoms with E-state index in [2.05, 4.69) is 4.98 Å². The van der Waals surface area contributed by atoms with Gasteiger partial charge in [-0.3, -0.25) is 0 Å². The van der Waals surface area contributed by atoms with Crippen LogP contribution in [0.3, 0.4) is 0 Å². The van der Waals surface area contributed by atoms with Crippen molar-refractivity contribution in [2.75, 3.05) is 7.11 Å². The van der Waals surface area contributed by atoms with E-state index in [1.807, 2.05) is 6.07 Å². The molecule has 3 aromatic rings. The fourth-order valence-electron chi connectivity index (χ4n) is 2.25. The molecule has 0 amide bonds. The molecule has 0 saturated heterocycles. The second-order valence-corrected chi connectivity index (χ2v) is 4.78. The lowest BCUT2D eigenvalue weighted by molar-refractivity contribution is 0.0602. The maximum absolute atomic E-state index is 12.0. The molecule has 0 saturated carbocycles. The molecule has 0 bridgehead atoms. The topological polar surface area (TPSA) is 65.5 Å². The van der Waals surface area contributed by atoms with Crippen molar-refractivity contribution in [2.45, 2.75) is 0 Å². The molecule has 0 aliphatic rings. The monoisotopic (exact) mass is 307 g/mol. The molecule has 1 aromatic heterocycles. The first-order valence-corrected chi connectivity index (χ1v) is 6.93. The van der Waals surface area contributed by atoms with E-state index in [4.69, 9.17) is 9.47 Å². The molecule has 0 atom stereocenters. The normalized spacial score (nSPS) is 10.3. The van der Waals surface area contributed by atoms with Crippen molar-refractivity contribution < 1.29 is 19.1 Å². The first-order chi connectivity index (χ1) is 11.2. The lowest BCUT2D eigenvalue weighted by atomic mass is 10.0. The SMILES string of the molecule is COC(=O)c1cccc2ccc(OC(=O)c3ccccn3)cc12. The van der Waals surface area contributed by atoms with E-state index in [9.17, 15) is 9.59 Å². The average molecular weight is 307 g/mol. The lowest BCUT2D eigenvalue weighted by Crippen LogP contribution is -2.10. The molecule has 0 radical (unpaired) electrons. The summed E-state index contributed by atoms with van der Waals surface area (Å²) in [6, 6.07) is 15.4. The number of hydrogen-bond acceptors (Lipinski definition) is 5. The van der Waals surface area contributed by atoms with Crippen LogP contribution in [0.5, 0.6) is 5.75 Å². The van der Waals surface area contributed by atoms with Gasteiger partial charge in [0.25, 0.3) is 0 Å². The molecule has 0 aliphatic carbocycles. The molecule has 0 unspecified atom stereocenters. The number of rotatable bonds is 3. The smallest absolute Gasteiger partial charge is 0.362 e. The third-order valence-corrected chi connectivity index (χ3v) is 3.34. The van der Waals surface area contributed by atoms with Crippen LogP contribution in [0.4, 0.5) is 0 Å². The molecule has 23 heavy (non-hydrogen) atoms. The Morgan fingerprint density at radius 2 is 1.83 bits per heavy atom. The summed E-state index contributed by atoms with van der Waals surface area (Å²) in [6.45, 7) is 0. The summed E-state index contributed by atoms with van der Waals surface area (Å²) >= 11 is 0. The zero-order chi connectivity index (χ0) is 16.2. The summed E-state index contributed by atoms with van der Waals surface area (Å²) in [4.78, 5) is 27.8. The van der Waals surface area contributed by atoms with Gasteiger partial charge in [-0.25, -0.2) is 14.6 Å². The van der Waals surface area contributed by atoms with Gasteiger partial charge in [0, 0.05) is 6.20 Å². The van der Waals surface area contributed by atoms with Crippen LogP contribution < -0.4 is 4.74 Å². The van der Waals surface area contributed by atoms with E-state index in [1.54, 1.807) is 48.5 Å². The third-order valence-electron chi connectivity index (χ3n) is 3.34. The highest BCUT2D eigenvalue weighted by atomic mass is 16.5. The number of carbonyl (C=O) groups is 2. The van der Waals surface area contributed by atoms with Crippen molar-refractivity contribution in [2.24, 2.45) is 0 Å². The van der Waals surface area contributed by atoms with Crippen molar-refractivity contribution in [1.29, 1.82) is 0 Å². The Labute approximate surface area is 132 Å². The number of esters is 2. The zero-order valence-electron chi connectivity index (χ0n) is 12.4. The van der Waals surface area contributed by atoms with E-state index in [-0.39, 0.29) is 5.69 Å². The van der Waals surface area contributed by atoms with Crippen molar-refractivity contribution in [3.05, 3.63) is 72.1 Å². The van der Waals surface area contributed by atoms with Gasteiger partial charge in [-0.2, -0.15) is 0 Å².